The fraction of sp³-hybridized carbons (Fsp3) is 0.211. The lowest BCUT2D eigenvalue weighted by molar-refractivity contribution is -0.142. The summed E-state index contributed by atoms with van der Waals surface area (Å²) in [6, 6.07) is 11.6. The first-order valence-corrected chi connectivity index (χ1v) is 8.42. The van der Waals surface area contributed by atoms with Crippen molar-refractivity contribution in [2.75, 3.05) is 7.11 Å². The number of esters is 1. The van der Waals surface area contributed by atoms with Gasteiger partial charge in [0.05, 0.1) is 23.1 Å². The number of ether oxygens (including phenoxy) is 1. The second-order valence-electron chi connectivity index (χ2n) is 6.19. The minimum absolute atomic E-state index is 0.247. The summed E-state index contributed by atoms with van der Waals surface area (Å²) in [4.78, 5) is 38.5. The summed E-state index contributed by atoms with van der Waals surface area (Å²) in [7, 11) is 1.24. The van der Waals surface area contributed by atoms with Crippen molar-refractivity contribution in [3.63, 3.8) is 0 Å². The van der Waals surface area contributed by atoms with E-state index in [4.69, 9.17) is 27.9 Å². The number of carbonyl (C=O) groups is 3. The molecule has 2 aliphatic carbocycles. The summed E-state index contributed by atoms with van der Waals surface area (Å²) in [5, 5.41) is 0.553. The second-order valence-corrected chi connectivity index (χ2v) is 6.98. The van der Waals surface area contributed by atoms with E-state index in [1.54, 1.807) is 42.5 Å². The van der Waals surface area contributed by atoms with Crippen molar-refractivity contribution >= 4 is 40.7 Å². The molecule has 1 saturated carbocycles. The number of rotatable bonds is 2. The Labute approximate surface area is 153 Å². The molecule has 2 aromatic carbocycles. The topological polar surface area (TPSA) is 60.4 Å². The largest absolute Gasteiger partial charge is 0.469 e. The molecular formula is C19H12Cl2O4. The number of benzene rings is 2. The highest BCUT2D eigenvalue weighted by Gasteiger charge is 2.80. The van der Waals surface area contributed by atoms with Crippen LogP contribution >= 0.6 is 23.2 Å². The van der Waals surface area contributed by atoms with Gasteiger partial charge >= 0.3 is 5.97 Å². The third-order valence-electron chi connectivity index (χ3n) is 5.14. The molecule has 1 spiro atoms. The molecule has 126 valence electrons. The van der Waals surface area contributed by atoms with E-state index in [1.165, 1.54) is 7.11 Å². The lowest BCUT2D eigenvalue weighted by Crippen LogP contribution is -2.24. The first-order valence-electron chi connectivity index (χ1n) is 7.66. The Bertz CT molecular complexity index is 915. The summed E-state index contributed by atoms with van der Waals surface area (Å²) >= 11 is 12.4. The molecule has 0 N–H and O–H groups in total. The van der Waals surface area contributed by atoms with E-state index in [0.29, 0.717) is 21.7 Å². The molecule has 2 aliphatic rings. The van der Waals surface area contributed by atoms with Gasteiger partial charge < -0.3 is 4.74 Å². The third-order valence-corrected chi connectivity index (χ3v) is 5.98. The second kappa shape index (κ2) is 5.41. The molecule has 0 amide bonds. The molecule has 0 saturated heterocycles. The average molecular weight is 375 g/mol. The molecule has 2 atom stereocenters. The Kier molecular flexibility index (Phi) is 3.53. The van der Waals surface area contributed by atoms with Gasteiger partial charge in [-0.05, 0) is 11.6 Å². The summed E-state index contributed by atoms with van der Waals surface area (Å²) < 4.78 is 4.86. The highest BCUT2D eigenvalue weighted by molar-refractivity contribution is 6.43. The van der Waals surface area contributed by atoms with Crippen LogP contribution in [-0.2, 0) is 9.53 Å². The Balaban J connectivity index is 1.92. The van der Waals surface area contributed by atoms with Crippen LogP contribution in [0.25, 0.3) is 0 Å². The van der Waals surface area contributed by atoms with Gasteiger partial charge in [-0.3, -0.25) is 14.4 Å². The first-order chi connectivity index (χ1) is 12.0. The standard InChI is InChI=1S/C19H12Cl2O4/c1-25-18(24)14-13(11-7-4-8-12(20)15(11)21)19(14)16(22)9-5-2-3-6-10(9)17(19)23/h2-8,13-14H,1H3/t13-,14+/m0/s1. The van der Waals surface area contributed by atoms with Gasteiger partial charge in [0.15, 0.2) is 11.6 Å². The van der Waals surface area contributed by atoms with Crippen LogP contribution < -0.4 is 0 Å². The van der Waals surface area contributed by atoms with Crippen LogP contribution in [0.5, 0.6) is 0 Å². The maximum atomic E-state index is 13.1. The fourth-order valence-electron chi connectivity index (χ4n) is 4.02. The average Bonchev–Trinajstić information content (AvgIpc) is 3.27. The number of halogens is 2. The van der Waals surface area contributed by atoms with E-state index in [-0.39, 0.29) is 16.6 Å². The maximum absolute atomic E-state index is 13.1. The van der Waals surface area contributed by atoms with Gasteiger partial charge in [-0.25, -0.2) is 0 Å². The van der Waals surface area contributed by atoms with Gasteiger partial charge in [0, 0.05) is 17.0 Å². The third kappa shape index (κ3) is 1.92. The molecular weight excluding hydrogens is 363 g/mol. The van der Waals surface area contributed by atoms with E-state index >= 15 is 0 Å². The minimum Gasteiger partial charge on any atom is -0.469 e. The van der Waals surface area contributed by atoms with Gasteiger partial charge in [0.1, 0.15) is 5.41 Å². The van der Waals surface area contributed by atoms with E-state index in [1.807, 2.05) is 0 Å². The number of hydrogen-bond acceptors (Lipinski definition) is 4. The van der Waals surface area contributed by atoms with Crippen molar-refractivity contribution in [3.8, 4) is 0 Å². The summed E-state index contributed by atoms with van der Waals surface area (Å²) in [6.45, 7) is 0. The zero-order valence-electron chi connectivity index (χ0n) is 13.1. The molecule has 0 aliphatic heterocycles. The fourth-order valence-corrected chi connectivity index (χ4v) is 4.44. The zero-order chi connectivity index (χ0) is 17.9. The number of hydrogen-bond donors (Lipinski definition) is 0. The minimum atomic E-state index is -1.48. The highest BCUT2D eigenvalue weighted by atomic mass is 35.5. The van der Waals surface area contributed by atoms with E-state index in [0.717, 1.165) is 0 Å². The first kappa shape index (κ1) is 16.3. The molecule has 0 heterocycles. The number of Topliss-reactive ketones (excluding diaryl/α,β-unsaturated/α-hetero) is 2. The number of ketones is 2. The van der Waals surface area contributed by atoms with Gasteiger partial charge in [-0.2, -0.15) is 0 Å². The molecule has 0 unspecified atom stereocenters. The normalized spacial score (nSPS) is 22.8. The lowest BCUT2D eigenvalue weighted by atomic mass is 9.93. The molecule has 4 rings (SSSR count). The molecule has 6 heteroatoms. The van der Waals surface area contributed by atoms with Crippen LogP contribution in [0.4, 0.5) is 0 Å². The Morgan fingerprint density at radius 1 is 1.00 bits per heavy atom. The summed E-state index contributed by atoms with van der Waals surface area (Å²) in [6.07, 6.45) is 0. The molecule has 25 heavy (non-hydrogen) atoms. The Hall–Kier alpha value is -2.17. The SMILES string of the molecule is COC(=O)[C@H]1[C@H](c2cccc(Cl)c2Cl)C12C(=O)c1ccccc1C2=O. The number of fused-ring (bicyclic) bond motifs is 1. The maximum Gasteiger partial charge on any atom is 0.310 e. The van der Waals surface area contributed by atoms with Crippen LogP contribution in [-0.4, -0.2) is 24.6 Å². The molecule has 0 bridgehead atoms. The van der Waals surface area contributed by atoms with Crippen molar-refractivity contribution in [1.29, 1.82) is 0 Å². The van der Waals surface area contributed by atoms with E-state index in [2.05, 4.69) is 0 Å². The predicted molar refractivity (Wildman–Crippen MR) is 92.2 cm³/mol. The number of methoxy groups -OCH3 is 1. The summed E-state index contributed by atoms with van der Waals surface area (Å²) in [5.41, 5.74) is -0.298. The monoisotopic (exact) mass is 374 g/mol. The summed E-state index contributed by atoms with van der Waals surface area (Å²) in [5.74, 6) is -2.90. The van der Waals surface area contributed by atoms with Crippen molar-refractivity contribution in [2.24, 2.45) is 11.3 Å². The Morgan fingerprint density at radius 2 is 1.60 bits per heavy atom. The predicted octanol–water partition coefficient (Wildman–Crippen LogP) is 3.95. The number of carbonyl (C=O) groups excluding carboxylic acids is 3. The van der Waals surface area contributed by atoms with Crippen molar-refractivity contribution < 1.29 is 19.1 Å². The van der Waals surface area contributed by atoms with Gasteiger partial charge in [-0.1, -0.05) is 59.6 Å². The van der Waals surface area contributed by atoms with Crippen LogP contribution in [0.15, 0.2) is 42.5 Å². The molecule has 4 nitrogen and oxygen atoms in total. The van der Waals surface area contributed by atoms with Crippen LogP contribution in [0.2, 0.25) is 10.0 Å². The van der Waals surface area contributed by atoms with Gasteiger partial charge in [0.2, 0.25) is 0 Å². The molecule has 0 aromatic heterocycles. The quantitative estimate of drug-likeness (QED) is 0.589. The van der Waals surface area contributed by atoms with Gasteiger partial charge in [-0.15, -0.1) is 0 Å². The van der Waals surface area contributed by atoms with Crippen molar-refractivity contribution in [1.82, 2.24) is 0 Å². The van der Waals surface area contributed by atoms with Crippen LogP contribution in [0, 0.1) is 11.3 Å². The van der Waals surface area contributed by atoms with Crippen molar-refractivity contribution in [2.45, 2.75) is 5.92 Å². The highest BCUT2D eigenvalue weighted by Crippen LogP contribution is 2.71. The van der Waals surface area contributed by atoms with Crippen LogP contribution in [0.3, 0.4) is 0 Å². The van der Waals surface area contributed by atoms with Crippen LogP contribution in [0.1, 0.15) is 32.2 Å². The molecule has 2 aromatic rings. The smallest absolute Gasteiger partial charge is 0.310 e. The van der Waals surface area contributed by atoms with Gasteiger partial charge in [0.25, 0.3) is 0 Å². The van der Waals surface area contributed by atoms with E-state index in [9.17, 15) is 14.4 Å². The zero-order valence-corrected chi connectivity index (χ0v) is 14.6. The Morgan fingerprint density at radius 3 is 2.16 bits per heavy atom. The lowest BCUT2D eigenvalue weighted by Gasteiger charge is -2.08. The molecule has 1 fully saturated rings. The van der Waals surface area contributed by atoms with E-state index < -0.39 is 23.2 Å². The van der Waals surface area contributed by atoms with Crippen molar-refractivity contribution in [3.05, 3.63) is 69.2 Å². The molecule has 0 radical (unpaired) electrons.